The molecule has 0 aliphatic rings. The lowest BCUT2D eigenvalue weighted by Gasteiger charge is -2.28. The topological polar surface area (TPSA) is 66.6 Å². The van der Waals surface area contributed by atoms with Gasteiger partial charge < -0.3 is 15.7 Å². The van der Waals surface area contributed by atoms with Crippen molar-refractivity contribution < 1.29 is 9.90 Å². The van der Waals surface area contributed by atoms with Gasteiger partial charge in [-0.15, -0.1) is 0 Å². The van der Waals surface area contributed by atoms with Crippen LogP contribution in [-0.4, -0.2) is 41.7 Å². The Kier molecular flexibility index (Phi) is 11.8. The second-order valence-electron chi connectivity index (χ2n) is 5.73. The average molecular weight is 286 g/mol. The number of carbonyl (C=O) groups is 1. The zero-order valence-electron chi connectivity index (χ0n) is 13.6. The van der Waals surface area contributed by atoms with E-state index >= 15 is 0 Å². The summed E-state index contributed by atoms with van der Waals surface area (Å²) in [6.07, 6.45) is 7.46. The van der Waals surface area contributed by atoms with Gasteiger partial charge in [0.2, 0.25) is 5.91 Å². The summed E-state index contributed by atoms with van der Waals surface area (Å²) in [6, 6.07) is -0.408. The van der Waals surface area contributed by atoms with Gasteiger partial charge in [-0.05, 0) is 18.8 Å². The summed E-state index contributed by atoms with van der Waals surface area (Å²) in [4.78, 5) is 14.2. The number of nitrogens with zero attached hydrogens (tertiary/aromatic N) is 1. The lowest BCUT2D eigenvalue weighted by molar-refractivity contribution is -0.134. The lowest BCUT2D eigenvalue weighted by Crippen LogP contribution is -2.47. The first-order valence-electron chi connectivity index (χ1n) is 8.23. The first kappa shape index (κ1) is 19.4. The molecule has 3 N–H and O–H groups in total. The van der Waals surface area contributed by atoms with Gasteiger partial charge in [-0.1, -0.05) is 52.9 Å². The molecule has 0 spiro atoms. The van der Waals surface area contributed by atoms with Crippen molar-refractivity contribution in [3.05, 3.63) is 0 Å². The molecule has 4 heteroatoms. The Morgan fingerprint density at radius 1 is 1.10 bits per heavy atom. The van der Waals surface area contributed by atoms with E-state index in [0.29, 0.717) is 13.0 Å². The van der Waals surface area contributed by atoms with Gasteiger partial charge in [0, 0.05) is 19.7 Å². The van der Waals surface area contributed by atoms with Crippen LogP contribution in [0.5, 0.6) is 0 Å². The smallest absolute Gasteiger partial charge is 0.239 e. The molecule has 0 bridgehead atoms. The van der Waals surface area contributed by atoms with Crippen molar-refractivity contribution >= 4 is 5.91 Å². The molecule has 0 aromatic heterocycles. The van der Waals surface area contributed by atoms with Crippen LogP contribution >= 0.6 is 0 Å². The van der Waals surface area contributed by atoms with E-state index in [4.69, 9.17) is 10.8 Å². The number of unbranched alkanes of at least 4 members (excludes halogenated alkanes) is 4. The Labute approximate surface area is 124 Å². The zero-order chi connectivity index (χ0) is 15.4. The second-order valence-corrected chi connectivity index (χ2v) is 5.73. The zero-order valence-corrected chi connectivity index (χ0v) is 13.6. The van der Waals surface area contributed by atoms with Crippen molar-refractivity contribution in [1.29, 1.82) is 0 Å². The summed E-state index contributed by atoms with van der Waals surface area (Å²) in [5.74, 6) is 0.252. The summed E-state index contributed by atoms with van der Waals surface area (Å²) in [6.45, 7) is 7.79. The average Bonchev–Trinajstić information content (AvgIpc) is 2.47. The fraction of sp³-hybridized carbons (Fsp3) is 0.938. The van der Waals surface area contributed by atoms with Gasteiger partial charge in [0.1, 0.15) is 0 Å². The number of hydrogen-bond donors (Lipinski definition) is 2. The van der Waals surface area contributed by atoms with Gasteiger partial charge in [-0.2, -0.15) is 0 Å². The molecular weight excluding hydrogens is 252 g/mol. The minimum Gasteiger partial charge on any atom is -0.396 e. The summed E-state index contributed by atoms with van der Waals surface area (Å²) < 4.78 is 0. The largest absolute Gasteiger partial charge is 0.396 e. The third-order valence-electron chi connectivity index (χ3n) is 3.97. The van der Waals surface area contributed by atoms with E-state index in [2.05, 4.69) is 13.8 Å². The van der Waals surface area contributed by atoms with E-state index < -0.39 is 6.04 Å². The van der Waals surface area contributed by atoms with Crippen molar-refractivity contribution in [3.8, 4) is 0 Å². The maximum atomic E-state index is 12.4. The van der Waals surface area contributed by atoms with Gasteiger partial charge in [0.15, 0.2) is 0 Å². The molecule has 0 heterocycles. The van der Waals surface area contributed by atoms with Gasteiger partial charge >= 0.3 is 0 Å². The molecule has 1 amide bonds. The quantitative estimate of drug-likeness (QED) is 0.542. The Hall–Kier alpha value is -0.610. The number of amides is 1. The van der Waals surface area contributed by atoms with Gasteiger partial charge in [0.25, 0.3) is 0 Å². The second kappa shape index (κ2) is 12.2. The third-order valence-corrected chi connectivity index (χ3v) is 3.97. The maximum Gasteiger partial charge on any atom is 0.239 e. The molecule has 0 radical (unpaired) electrons. The van der Waals surface area contributed by atoms with Gasteiger partial charge in [-0.3, -0.25) is 4.79 Å². The van der Waals surface area contributed by atoms with E-state index in [-0.39, 0.29) is 18.4 Å². The molecule has 4 nitrogen and oxygen atoms in total. The maximum absolute atomic E-state index is 12.4. The van der Waals surface area contributed by atoms with Crippen LogP contribution in [-0.2, 0) is 4.79 Å². The molecule has 0 saturated heterocycles. The molecule has 0 saturated carbocycles. The van der Waals surface area contributed by atoms with Crippen molar-refractivity contribution in [3.63, 3.8) is 0 Å². The number of hydrogen-bond acceptors (Lipinski definition) is 3. The minimum atomic E-state index is -0.408. The molecule has 120 valence electrons. The third kappa shape index (κ3) is 7.85. The molecule has 0 aliphatic carbocycles. The Bertz CT molecular complexity index is 247. The fourth-order valence-corrected chi connectivity index (χ4v) is 2.21. The summed E-state index contributed by atoms with van der Waals surface area (Å²) >= 11 is 0. The molecule has 0 aromatic carbocycles. The van der Waals surface area contributed by atoms with Crippen LogP contribution in [0.3, 0.4) is 0 Å². The van der Waals surface area contributed by atoms with Crippen LogP contribution in [0.1, 0.15) is 65.7 Å². The van der Waals surface area contributed by atoms with Crippen molar-refractivity contribution in [2.75, 3.05) is 19.7 Å². The lowest BCUT2D eigenvalue weighted by atomic mass is 9.98. The Morgan fingerprint density at radius 2 is 1.70 bits per heavy atom. The van der Waals surface area contributed by atoms with E-state index in [1.165, 1.54) is 19.3 Å². The van der Waals surface area contributed by atoms with Crippen molar-refractivity contribution in [1.82, 2.24) is 4.90 Å². The highest BCUT2D eigenvalue weighted by Crippen LogP contribution is 2.11. The molecule has 0 aromatic rings. The molecular formula is C16H34N2O2. The first-order chi connectivity index (χ1) is 9.58. The molecule has 0 unspecified atom stereocenters. The first-order valence-corrected chi connectivity index (χ1v) is 8.23. The summed E-state index contributed by atoms with van der Waals surface area (Å²) in [5, 5.41) is 8.96. The van der Waals surface area contributed by atoms with Crippen LogP contribution in [0.15, 0.2) is 0 Å². The van der Waals surface area contributed by atoms with Crippen molar-refractivity contribution in [2.45, 2.75) is 71.8 Å². The van der Waals surface area contributed by atoms with Gasteiger partial charge in [0.05, 0.1) is 6.04 Å². The number of aliphatic hydroxyl groups is 1. The molecule has 2 atom stereocenters. The van der Waals surface area contributed by atoms with Crippen LogP contribution in [0.25, 0.3) is 0 Å². The Balaban J connectivity index is 4.27. The number of carbonyl (C=O) groups excluding carboxylic acids is 1. The normalized spacial score (nSPS) is 14.1. The van der Waals surface area contributed by atoms with E-state index in [1.54, 1.807) is 0 Å². The fourth-order valence-electron chi connectivity index (χ4n) is 2.21. The minimum absolute atomic E-state index is 0.0447. The van der Waals surface area contributed by atoms with Crippen LogP contribution in [0.4, 0.5) is 0 Å². The van der Waals surface area contributed by atoms with Crippen LogP contribution in [0.2, 0.25) is 0 Å². The SMILES string of the molecule is CCCCCCCN(CCCO)C(=O)[C@@H](N)[C@@H](C)CC. The van der Waals surface area contributed by atoms with Crippen LogP contribution < -0.4 is 5.73 Å². The van der Waals surface area contributed by atoms with Crippen LogP contribution in [0, 0.1) is 5.92 Å². The highest BCUT2D eigenvalue weighted by atomic mass is 16.3. The molecule has 0 aliphatic heterocycles. The molecule has 0 rings (SSSR count). The van der Waals surface area contributed by atoms with E-state index in [0.717, 1.165) is 25.8 Å². The highest BCUT2D eigenvalue weighted by Gasteiger charge is 2.24. The summed E-state index contributed by atoms with van der Waals surface area (Å²) in [5.41, 5.74) is 6.04. The predicted octanol–water partition coefficient (Wildman–Crippen LogP) is 2.54. The molecule has 20 heavy (non-hydrogen) atoms. The number of nitrogens with two attached hydrogens (primary N) is 1. The monoisotopic (exact) mass is 286 g/mol. The van der Waals surface area contributed by atoms with E-state index in [9.17, 15) is 4.79 Å². The molecule has 0 fully saturated rings. The van der Waals surface area contributed by atoms with E-state index in [1.807, 2.05) is 11.8 Å². The van der Waals surface area contributed by atoms with Gasteiger partial charge in [-0.25, -0.2) is 0 Å². The summed E-state index contributed by atoms with van der Waals surface area (Å²) in [7, 11) is 0. The number of aliphatic hydroxyl groups excluding tert-OH is 1. The number of rotatable bonds is 12. The highest BCUT2D eigenvalue weighted by molar-refractivity contribution is 5.81. The standard InChI is InChI=1S/C16H34N2O2/c1-4-6-7-8-9-11-18(12-10-13-19)16(20)15(17)14(3)5-2/h14-15,19H,4-13,17H2,1-3H3/t14-,15-/m0/s1. The Morgan fingerprint density at radius 3 is 2.25 bits per heavy atom. The predicted molar refractivity (Wildman–Crippen MR) is 84.5 cm³/mol. The van der Waals surface area contributed by atoms with Crippen molar-refractivity contribution in [2.24, 2.45) is 11.7 Å².